The van der Waals surface area contributed by atoms with Gasteiger partial charge in [-0.05, 0) is 17.5 Å². The molecule has 2 aromatic heterocycles. The Hall–Kier alpha value is -0.510. The first-order valence-corrected chi connectivity index (χ1v) is 5.00. The van der Waals surface area contributed by atoms with Gasteiger partial charge in [0.1, 0.15) is 0 Å². The summed E-state index contributed by atoms with van der Waals surface area (Å²) in [4.78, 5) is 0. The maximum absolute atomic E-state index is 5.63. The summed E-state index contributed by atoms with van der Waals surface area (Å²) in [7, 11) is 0. The monoisotopic (exact) mass is 234 g/mol. The summed E-state index contributed by atoms with van der Waals surface area (Å²) in [5, 5.41) is 11.1. The number of alkyl halides is 1. The maximum Gasteiger partial charge on any atom is 0.0932 e. The molecule has 0 atom stereocenters. The number of hydrogen-bond donors (Lipinski definition) is 1. The Balaban J connectivity index is 0.000000845. The third kappa shape index (κ3) is 2.24. The van der Waals surface area contributed by atoms with Gasteiger partial charge in [-0.25, -0.2) is 0 Å². The lowest BCUT2D eigenvalue weighted by atomic mass is 10.2. The fraction of sp³-hybridized carbons (Fsp3) is 0.125. The molecule has 2 heterocycles. The third-order valence-electron chi connectivity index (χ3n) is 1.59. The molecule has 13 heavy (non-hydrogen) atoms. The minimum absolute atomic E-state index is 0. The van der Waals surface area contributed by atoms with Gasteiger partial charge >= 0.3 is 0 Å². The van der Waals surface area contributed by atoms with Gasteiger partial charge in [0.2, 0.25) is 0 Å². The lowest BCUT2D eigenvalue weighted by Crippen LogP contribution is -1.74. The van der Waals surface area contributed by atoms with Crippen LogP contribution >= 0.6 is 35.3 Å². The minimum Gasteiger partial charge on any atom is -0.281 e. The number of nitrogens with zero attached hydrogens (tertiary/aromatic N) is 1. The average Bonchev–Trinajstić information content (AvgIpc) is 2.75. The van der Waals surface area contributed by atoms with Crippen LogP contribution in [0.5, 0.6) is 0 Å². The summed E-state index contributed by atoms with van der Waals surface area (Å²) in [5.74, 6) is 0.483. The van der Waals surface area contributed by atoms with Crippen molar-refractivity contribution < 1.29 is 0 Å². The Bertz CT molecular complexity index is 356. The molecular formula is C8H8Cl2N2S. The smallest absolute Gasteiger partial charge is 0.0932 e. The number of nitrogens with one attached hydrogen (secondary N) is 1. The van der Waals surface area contributed by atoms with Crippen LogP contribution in [0.4, 0.5) is 0 Å². The molecule has 0 aliphatic carbocycles. The quantitative estimate of drug-likeness (QED) is 0.795. The third-order valence-corrected chi connectivity index (χ3v) is 2.56. The lowest BCUT2D eigenvalue weighted by Gasteiger charge is -1.84. The van der Waals surface area contributed by atoms with Crippen LogP contribution in [0.3, 0.4) is 0 Å². The summed E-state index contributed by atoms with van der Waals surface area (Å²) >= 11 is 7.30. The van der Waals surface area contributed by atoms with Crippen molar-refractivity contribution >= 4 is 35.3 Å². The summed E-state index contributed by atoms with van der Waals surface area (Å²) in [6.45, 7) is 0. The fourth-order valence-electron chi connectivity index (χ4n) is 0.988. The Kier molecular flexibility index (Phi) is 3.78. The first-order valence-electron chi connectivity index (χ1n) is 3.53. The van der Waals surface area contributed by atoms with E-state index in [4.69, 9.17) is 11.6 Å². The Morgan fingerprint density at radius 2 is 2.38 bits per heavy atom. The van der Waals surface area contributed by atoms with Crippen molar-refractivity contribution in [2.24, 2.45) is 0 Å². The number of thiophene rings is 1. The largest absolute Gasteiger partial charge is 0.281 e. The van der Waals surface area contributed by atoms with Crippen LogP contribution in [-0.2, 0) is 5.88 Å². The van der Waals surface area contributed by atoms with Crippen molar-refractivity contribution in [2.75, 3.05) is 0 Å². The molecule has 0 spiro atoms. The van der Waals surface area contributed by atoms with Gasteiger partial charge in [0, 0.05) is 10.9 Å². The van der Waals surface area contributed by atoms with Gasteiger partial charge in [-0.1, -0.05) is 0 Å². The molecule has 0 radical (unpaired) electrons. The Labute approximate surface area is 91.3 Å². The zero-order valence-electron chi connectivity index (χ0n) is 6.66. The Morgan fingerprint density at radius 3 is 2.92 bits per heavy atom. The molecule has 70 valence electrons. The summed E-state index contributed by atoms with van der Waals surface area (Å²) < 4.78 is 0. The number of aromatic amines is 1. The van der Waals surface area contributed by atoms with Crippen LogP contribution in [-0.4, -0.2) is 10.2 Å². The van der Waals surface area contributed by atoms with Crippen molar-refractivity contribution in [2.45, 2.75) is 5.88 Å². The number of rotatable bonds is 2. The fourth-order valence-corrected chi connectivity index (χ4v) is 1.77. The molecule has 2 aromatic rings. The molecular weight excluding hydrogens is 227 g/mol. The zero-order chi connectivity index (χ0) is 8.39. The lowest BCUT2D eigenvalue weighted by molar-refractivity contribution is 1.04. The van der Waals surface area contributed by atoms with E-state index < -0.39 is 0 Å². The highest BCUT2D eigenvalue weighted by Gasteiger charge is 2.02. The van der Waals surface area contributed by atoms with Crippen molar-refractivity contribution in [3.8, 4) is 11.3 Å². The van der Waals surface area contributed by atoms with Crippen molar-refractivity contribution in [1.29, 1.82) is 0 Å². The maximum atomic E-state index is 5.63. The van der Waals surface area contributed by atoms with E-state index in [0.717, 1.165) is 17.0 Å². The summed E-state index contributed by atoms with van der Waals surface area (Å²) in [6, 6.07) is 4.01. The number of H-pyrrole nitrogens is 1. The highest BCUT2D eigenvalue weighted by Crippen LogP contribution is 2.20. The van der Waals surface area contributed by atoms with Gasteiger partial charge in [0.25, 0.3) is 0 Å². The minimum atomic E-state index is 0. The van der Waals surface area contributed by atoms with Crippen LogP contribution in [0.1, 0.15) is 5.69 Å². The van der Waals surface area contributed by atoms with E-state index in [0.29, 0.717) is 5.88 Å². The van der Waals surface area contributed by atoms with E-state index in [9.17, 15) is 0 Å². The van der Waals surface area contributed by atoms with Gasteiger partial charge in [-0.3, -0.25) is 5.10 Å². The molecule has 0 unspecified atom stereocenters. The number of aromatic nitrogens is 2. The molecule has 0 amide bonds. The average molecular weight is 235 g/mol. The second-order valence-electron chi connectivity index (χ2n) is 2.42. The molecule has 2 nitrogen and oxygen atoms in total. The van der Waals surface area contributed by atoms with Crippen LogP contribution in [0.2, 0.25) is 0 Å². The number of hydrogen-bond acceptors (Lipinski definition) is 2. The van der Waals surface area contributed by atoms with Crippen molar-refractivity contribution in [1.82, 2.24) is 10.2 Å². The summed E-state index contributed by atoms with van der Waals surface area (Å²) in [6.07, 6.45) is 0. The zero-order valence-corrected chi connectivity index (χ0v) is 9.05. The molecule has 2 rings (SSSR count). The standard InChI is InChI=1S/C8H7ClN2S.ClH/c9-4-7-3-8(11-10-7)6-1-2-12-5-6;/h1-3,5H,4H2,(H,10,11);1H. The van der Waals surface area contributed by atoms with Crippen molar-refractivity contribution in [3.63, 3.8) is 0 Å². The van der Waals surface area contributed by atoms with Crippen LogP contribution in [0, 0.1) is 0 Å². The highest BCUT2D eigenvalue weighted by atomic mass is 35.5. The SMILES string of the molecule is Cl.ClCc1cc(-c2ccsc2)n[nH]1. The predicted octanol–water partition coefficient (Wildman–Crippen LogP) is 3.30. The van der Waals surface area contributed by atoms with Crippen molar-refractivity contribution in [3.05, 3.63) is 28.6 Å². The molecule has 0 saturated heterocycles. The van der Waals surface area contributed by atoms with E-state index in [-0.39, 0.29) is 12.4 Å². The first kappa shape index (κ1) is 10.6. The first-order chi connectivity index (χ1) is 5.90. The van der Waals surface area contributed by atoms with Gasteiger partial charge in [0.15, 0.2) is 0 Å². The topological polar surface area (TPSA) is 28.7 Å². The van der Waals surface area contributed by atoms with Crippen LogP contribution in [0.15, 0.2) is 22.9 Å². The van der Waals surface area contributed by atoms with Gasteiger partial charge in [0.05, 0.1) is 17.3 Å². The van der Waals surface area contributed by atoms with Crippen LogP contribution in [0.25, 0.3) is 11.3 Å². The van der Waals surface area contributed by atoms with Gasteiger partial charge in [-0.15, -0.1) is 24.0 Å². The molecule has 0 fully saturated rings. The summed E-state index contributed by atoms with van der Waals surface area (Å²) in [5.41, 5.74) is 3.07. The number of halogens is 2. The Morgan fingerprint density at radius 1 is 1.54 bits per heavy atom. The molecule has 0 bridgehead atoms. The van der Waals surface area contributed by atoms with Gasteiger partial charge < -0.3 is 0 Å². The normalized spacial score (nSPS) is 9.62. The molecule has 5 heteroatoms. The van der Waals surface area contributed by atoms with E-state index in [1.54, 1.807) is 11.3 Å². The molecule has 0 aliphatic heterocycles. The van der Waals surface area contributed by atoms with E-state index in [1.165, 1.54) is 0 Å². The second-order valence-corrected chi connectivity index (χ2v) is 3.47. The second kappa shape index (κ2) is 4.65. The van der Waals surface area contributed by atoms with E-state index >= 15 is 0 Å². The molecule has 0 aromatic carbocycles. The van der Waals surface area contributed by atoms with E-state index in [2.05, 4.69) is 15.6 Å². The van der Waals surface area contributed by atoms with Gasteiger partial charge in [-0.2, -0.15) is 16.4 Å². The molecule has 0 saturated carbocycles. The predicted molar refractivity (Wildman–Crippen MR) is 58.7 cm³/mol. The molecule has 0 aliphatic rings. The molecule has 1 N–H and O–H groups in total. The van der Waals surface area contributed by atoms with E-state index in [1.807, 2.05) is 17.5 Å². The van der Waals surface area contributed by atoms with Crippen LogP contribution < -0.4 is 0 Å². The highest BCUT2D eigenvalue weighted by molar-refractivity contribution is 7.08.